The van der Waals surface area contributed by atoms with Gasteiger partial charge in [0.15, 0.2) is 0 Å². The maximum absolute atomic E-state index is 15.0. The topological polar surface area (TPSA) is 116 Å². The molecule has 12 heteroatoms. The van der Waals surface area contributed by atoms with E-state index in [9.17, 15) is 14.0 Å². The van der Waals surface area contributed by atoms with Gasteiger partial charge in [-0.15, -0.1) is 11.3 Å². The van der Waals surface area contributed by atoms with Gasteiger partial charge in [-0.1, -0.05) is 6.07 Å². The number of furan rings is 1. The fourth-order valence-electron chi connectivity index (χ4n) is 7.85. The zero-order valence-corrected chi connectivity index (χ0v) is 26.0. The van der Waals surface area contributed by atoms with Crippen LogP contribution in [0.4, 0.5) is 19.6 Å². The Bertz CT molecular complexity index is 2060. The zero-order valence-electron chi connectivity index (χ0n) is 25.2. The lowest BCUT2D eigenvalue weighted by molar-refractivity contribution is 0.165. The number of halogens is 2. The lowest BCUT2D eigenvalue weighted by Gasteiger charge is -2.34. The molecule has 4 fully saturated rings. The van der Waals surface area contributed by atoms with Crippen LogP contribution in [-0.4, -0.2) is 72.5 Å². The number of benzene rings is 2. The summed E-state index contributed by atoms with van der Waals surface area (Å²) in [6, 6.07) is 10.2. The van der Waals surface area contributed by atoms with Crippen molar-refractivity contribution >= 4 is 54.1 Å². The summed E-state index contributed by atoms with van der Waals surface area (Å²) in [5.74, 6) is 0.357. The quantitative estimate of drug-likeness (QED) is 0.221. The second-order valence-electron chi connectivity index (χ2n) is 13.5. The number of ether oxygens (including phenoxy) is 1. The SMILES string of the molecule is N#Cc1c(N)sc2c(F)ccc(-c3cc4nc(OCC5(CN6CC[C@@H](F)C6)CC5)nc(N5CC6CCC(C5)N6)c4c4occc34)c12. The van der Waals surface area contributed by atoms with E-state index in [0.29, 0.717) is 64.4 Å². The number of aromatic nitrogens is 2. The van der Waals surface area contributed by atoms with Gasteiger partial charge in [0.25, 0.3) is 0 Å². The van der Waals surface area contributed by atoms with E-state index < -0.39 is 12.0 Å². The highest BCUT2D eigenvalue weighted by Crippen LogP contribution is 2.48. The molecule has 4 aliphatic rings. The number of likely N-dealkylation sites (tertiary alicyclic amines) is 1. The fraction of sp³-hybridized carbons (Fsp3) is 0.441. The molecule has 6 heterocycles. The molecule has 0 spiro atoms. The Morgan fingerprint density at radius 2 is 1.93 bits per heavy atom. The standard InChI is InChI=1S/C34H33F2N7O2S/c35-18-5-9-42(13-18)16-34(7-8-34)17-45-33-40-26-11-23(21-3-4-25(36)30-27(21)24(12-37)31(38)46-30)22-6-10-44-29(22)28(26)32(41-33)43-14-19-1-2-20(15-43)39-19/h3-4,6,10-11,18-20,39H,1-2,5,7-9,13-17,38H2/t18-,19?,20?/m1/s1. The first-order valence-electron chi connectivity index (χ1n) is 16.0. The summed E-state index contributed by atoms with van der Waals surface area (Å²) < 4.78 is 41.8. The average molecular weight is 642 g/mol. The number of hydrogen-bond donors (Lipinski definition) is 2. The van der Waals surface area contributed by atoms with Gasteiger partial charge >= 0.3 is 6.01 Å². The molecule has 3 saturated heterocycles. The summed E-state index contributed by atoms with van der Waals surface area (Å²) >= 11 is 1.08. The number of alkyl halides is 1. The molecule has 1 aliphatic carbocycles. The van der Waals surface area contributed by atoms with Gasteiger partial charge in [-0.25, -0.2) is 8.78 Å². The van der Waals surface area contributed by atoms with E-state index in [1.807, 2.05) is 12.1 Å². The summed E-state index contributed by atoms with van der Waals surface area (Å²) in [6.45, 7) is 4.18. The molecule has 3 aliphatic heterocycles. The van der Waals surface area contributed by atoms with Crippen molar-refractivity contribution in [2.24, 2.45) is 5.41 Å². The van der Waals surface area contributed by atoms with Crippen LogP contribution in [0.1, 0.15) is 37.7 Å². The van der Waals surface area contributed by atoms with Crippen molar-refractivity contribution in [2.75, 3.05) is 50.0 Å². The molecule has 9 rings (SSSR count). The number of nitrogen functional groups attached to an aromatic ring is 1. The van der Waals surface area contributed by atoms with Crippen LogP contribution in [0.2, 0.25) is 0 Å². The van der Waals surface area contributed by atoms with Gasteiger partial charge in [0.2, 0.25) is 0 Å². The average Bonchev–Trinajstić information content (AvgIpc) is 3.41. The molecule has 9 nitrogen and oxygen atoms in total. The van der Waals surface area contributed by atoms with E-state index in [0.717, 1.165) is 85.4 Å². The smallest absolute Gasteiger partial charge is 0.318 e. The van der Waals surface area contributed by atoms with Crippen molar-refractivity contribution in [3.05, 3.63) is 41.9 Å². The Morgan fingerprint density at radius 1 is 1.11 bits per heavy atom. The van der Waals surface area contributed by atoms with E-state index >= 15 is 0 Å². The summed E-state index contributed by atoms with van der Waals surface area (Å²) in [5.41, 5.74) is 9.16. The first-order valence-corrected chi connectivity index (χ1v) is 16.8. The van der Waals surface area contributed by atoms with E-state index in [-0.39, 0.29) is 16.0 Å². The number of piperazine rings is 1. The van der Waals surface area contributed by atoms with Crippen LogP contribution in [0, 0.1) is 22.6 Å². The van der Waals surface area contributed by atoms with Crippen molar-refractivity contribution in [2.45, 2.75) is 50.4 Å². The number of anilines is 2. The minimum Gasteiger partial charge on any atom is -0.463 e. The molecule has 0 amide bonds. The Morgan fingerprint density at radius 3 is 2.67 bits per heavy atom. The van der Waals surface area contributed by atoms with Crippen LogP contribution in [0.3, 0.4) is 0 Å². The maximum Gasteiger partial charge on any atom is 0.318 e. The first-order chi connectivity index (χ1) is 22.4. The first kappa shape index (κ1) is 28.2. The highest BCUT2D eigenvalue weighted by atomic mass is 32.1. The van der Waals surface area contributed by atoms with Gasteiger partial charge in [0.1, 0.15) is 34.5 Å². The number of nitrogens with one attached hydrogen (secondary N) is 1. The Kier molecular flexibility index (Phi) is 6.43. The maximum atomic E-state index is 15.0. The van der Waals surface area contributed by atoms with Crippen LogP contribution in [-0.2, 0) is 0 Å². The summed E-state index contributed by atoms with van der Waals surface area (Å²) in [6.07, 6.45) is 5.81. The summed E-state index contributed by atoms with van der Waals surface area (Å²) in [4.78, 5) is 14.5. The molecule has 3 N–H and O–H groups in total. The minimum absolute atomic E-state index is 0.0148. The van der Waals surface area contributed by atoms with Gasteiger partial charge in [0, 0.05) is 61.0 Å². The van der Waals surface area contributed by atoms with Gasteiger partial charge in [-0.2, -0.15) is 15.2 Å². The number of fused-ring (bicyclic) bond motifs is 6. The normalized spacial score (nSPS) is 23.9. The number of rotatable bonds is 7. The van der Waals surface area contributed by atoms with E-state index in [1.165, 1.54) is 6.07 Å². The van der Waals surface area contributed by atoms with Gasteiger partial charge in [-0.3, -0.25) is 4.90 Å². The van der Waals surface area contributed by atoms with Crippen molar-refractivity contribution < 1.29 is 17.9 Å². The van der Waals surface area contributed by atoms with Gasteiger partial charge in [-0.05, 0) is 61.4 Å². The number of thiophene rings is 1. The lowest BCUT2D eigenvalue weighted by atomic mass is 9.95. The monoisotopic (exact) mass is 641 g/mol. The van der Waals surface area contributed by atoms with E-state index in [1.54, 1.807) is 12.3 Å². The lowest BCUT2D eigenvalue weighted by Crippen LogP contribution is -2.51. The highest BCUT2D eigenvalue weighted by molar-refractivity contribution is 7.23. The van der Waals surface area contributed by atoms with Crippen molar-refractivity contribution in [3.63, 3.8) is 0 Å². The van der Waals surface area contributed by atoms with Crippen LogP contribution in [0.25, 0.3) is 43.1 Å². The number of nitriles is 1. The predicted octanol–water partition coefficient (Wildman–Crippen LogP) is 5.99. The molecular weight excluding hydrogens is 608 g/mol. The molecule has 1 saturated carbocycles. The zero-order chi connectivity index (χ0) is 31.2. The third kappa shape index (κ3) is 4.59. The van der Waals surface area contributed by atoms with Crippen LogP contribution in [0.15, 0.2) is 34.9 Å². The largest absolute Gasteiger partial charge is 0.463 e. The minimum atomic E-state index is -0.748. The molecule has 0 radical (unpaired) electrons. The highest BCUT2D eigenvalue weighted by Gasteiger charge is 2.46. The molecule has 2 bridgehead atoms. The summed E-state index contributed by atoms with van der Waals surface area (Å²) in [7, 11) is 0. The molecule has 2 unspecified atom stereocenters. The van der Waals surface area contributed by atoms with Crippen LogP contribution < -0.4 is 20.7 Å². The molecule has 5 aromatic rings. The van der Waals surface area contributed by atoms with E-state index in [2.05, 4.69) is 21.2 Å². The molecule has 2 aromatic carbocycles. The molecule has 3 aromatic heterocycles. The molecule has 236 valence electrons. The van der Waals surface area contributed by atoms with Crippen LogP contribution >= 0.6 is 11.3 Å². The third-order valence-electron chi connectivity index (χ3n) is 10.3. The Hall–Kier alpha value is -4.05. The van der Waals surface area contributed by atoms with Crippen molar-refractivity contribution in [1.82, 2.24) is 20.2 Å². The number of hydrogen-bond acceptors (Lipinski definition) is 10. The van der Waals surface area contributed by atoms with E-state index in [4.69, 9.17) is 24.9 Å². The second kappa shape index (κ2) is 10.5. The fourth-order valence-corrected chi connectivity index (χ4v) is 8.80. The third-order valence-corrected chi connectivity index (χ3v) is 11.4. The number of nitrogens with two attached hydrogens (primary N) is 1. The predicted molar refractivity (Wildman–Crippen MR) is 174 cm³/mol. The van der Waals surface area contributed by atoms with Crippen molar-refractivity contribution in [1.29, 1.82) is 5.26 Å². The molecule has 3 atom stereocenters. The van der Waals surface area contributed by atoms with Gasteiger partial charge in [0.05, 0.1) is 34.0 Å². The van der Waals surface area contributed by atoms with Crippen molar-refractivity contribution in [3.8, 4) is 23.2 Å². The van der Waals surface area contributed by atoms with Crippen LogP contribution in [0.5, 0.6) is 6.01 Å². The summed E-state index contributed by atoms with van der Waals surface area (Å²) in [5, 5.41) is 16.1. The Balaban J connectivity index is 1.18. The number of nitrogens with zero attached hydrogens (tertiary/aromatic N) is 5. The molecule has 46 heavy (non-hydrogen) atoms. The molecular formula is C34H33F2N7O2S. The Labute approximate surface area is 267 Å². The second-order valence-corrected chi connectivity index (χ2v) is 14.6. The van der Waals surface area contributed by atoms with Gasteiger partial charge < -0.3 is 25.1 Å².